The van der Waals surface area contributed by atoms with Gasteiger partial charge in [0.15, 0.2) is 0 Å². The fraction of sp³-hybridized carbons (Fsp3) is 0.762. The molecule has 8 heteroatoms. The molecule has 2 saturated heterocycles. The number of likely N-dealkylation sites (tertiary alicyclic amines) is 1. The fourth-order valence-corrected chi connectivity index (χ4v) is 4.83. The Bertz CT molecular complexity index is 658. The van der Waals surface area contributed by atoms with Gasteiger partial charge in [-0.2, -0.15) is 0 Å². The maximum Gasteiger partial charge on any atom is 0.318 e. The van der Waals surface area contributed by atoms with Crippen molar-refractivity contribution in [3.63, 3.8) is 0 Å². The number of fused-ring (bicyclic) bond motifs is 1. The molecule has 0 radical (unpaired) electrons. The van der Waals surface area contributed by atoms with Crippen molar-refractivity contribution in [3.05, 3.63) is 11.8 Å². The van der Waals surface area contributed by atoms with Gasteiger partial charge in [-0.25, -0.2) is 0 Å². The van der Waals surface area contributed by atoms with Crippen LogP contribution in [0.4, 0.5) is 0 Å². The minimum atomic E-state index is -1.07. The molecule has 2 amide bonds. The molecule has 2 fully saturated rings. The smallest absolute Gasteiger partial charge is 0.318 e. The van der Waals surface area contributed by atoms with E-state index in [1.807, 2.05) is 6.08 Å². The van der Waals surface area contributed by atoms with Crippen LogP contribution in [0.15, 0.2) is 11.8 Å². The van der Waals surface area contributed by atoms with Gasteiger partial charge in [0.05, 0.1) is 26.2 Å². The summed E-state index contributed by atoms with van der Waals surface area (Å²) in [6.45, 7) is 3.04. The molecule has 2 heterocycles. The molecule has 0 aromatic rings. The van der Waals surface area contributed by atoms with E-state index in [0.29, 0.717) is 52.3 Å². The van der Waals surface area contributed by atoms with E-state index in [-0.39, 0.29) is 18.2 Å². The zero-order valence-corrected chi connectivity index (χ0v) is 17.5. The van der Waals surface area contributed by atoms with Crippen LogP contribution >= 0.6 is 0 Å². The second-order valence-corrected chi connectivity index (χ2v) is 7.88. The number of rotatable bonds is 7. The molecule has 0 unspecified atom stereocenters. The van der Waals surface area contributed by atoms with E-state index in [1.54, 1.807) is 16.9 Å². The number of hydrogen-bond acceptors (Lipinski definition) is 6. The first kappa shape index (κ1) is 21.8. The summed E-state index contributed by atoms with van der Waals surface area (Å²) in [7, 11) is 2.98. The maximum absolute atomic E-state index is 13.5. The summed E-state index contributed by atoms with van der Waals surface area (Å²) >= 11 is 0. The van der Waals surface area contributed by atoms with Crippen LogP contribution in [0.1, 0.15) is 38.5 Å². The van der Waals surface area contributed by atoms with Crippen molar-refractivity contribution in [1.82, 2.24) is 9.80 Å². The van der Waals surface area contributed by atoms with Gasteiger partial charge in [0, 0.05) is 45.5 Å². The highest BCUT2D eigenvalue weighted by Gasteiger charge is 2.61. The van der Waals surface area contributed by atoms with Crippen LogP contribution in [0.2, 0.25) is 0 Å². The molecule has 0 spiro atoms. The van der Waals surface area contributed by atoms with E-state index in [9.17, 15) is 14.4 Å². The van der Waals surface area contributed by atoms with Crippen molar-refractivity contribution >= 4 is 17.8 Å². The number of carbonyl (C=O) groups excluding carboxylic acids is 3. The highest BCUT2D eigenvalue weighted by atomic mass is 16.5. The lowest BCUT2D eigenvalue weighted by Gasteiger charge is -2.33. The lowest BCUT2D eigenvalue weighted by molar-refractivity contribution is -0.156. The first-order valence-electron chi connectivity index (χ1n) is 10.5. The Morgan fingerprint density at radius 2 is 2.00 bits per heavy atom. The summed E-state index contributed by atoms with van der Waals surface area (Å²) < 4.78 is 15.7. The van der Waals surface area contributed by atoms with E-state index in [2.05, 4.69) is 0 Å². The third-order valence-corrected chi connectivity index (χ3v) is 6.29. The Balaban J connectivity index is 1.93. The maximum atomic E-state index is 13.5. The number of allylic oxidation sites excluding steroid dienone is 1. The number of morpholine rings is 1. The van der Waals surface area contributed by atoms with E-state index in [4.69, 9.17) is 14.2 Å². The quantitative estimate of drug-likeness (QED) is 0.467. The molecule has 0 N–H and O–H groups in total. The van der Waals surface area contributed by atoms with Crippen LogP contribution in [-0.2, 0) is 28.6 Å². The summed E-state index contributed by atoms with van der Waals surface area (Å²) in [4.78, 5) is 43.0. The largest absolute Gasteiger partial charge is 0.468 e. The lowest BCUT2D eigenvalue weighted by Crippen LogP contribution is -2.45. The summed E-state index contributed by atoms with van der Waals surface area (Å²) in [5, 5.41) is 0. The van der Waals surface area contributed by atoms with E-state index in [1.165, 1.54) is 7.11 Å². The molecule has 162 valence electrons. The first-order chi connectivity index (χ1) is 14.1. The second kappa shape index (κ2) is 9.71. The molecular formula is C21H32N2O6. The highest BCUT2D eigenvalue weighted by Crippen LogP contribution is 2.53. The summed E-state index contributed by atoms with van der Waals surface area (Å²) in [6, 6.07) is 0. The Morgan fingerprint density at radius 1 is 1.24 bits per heavy atom. The zero-order valence-electron chi connectivity index (χ0n) is 17.5. The number of hydrogen-bond donors (Lipinski definition) is 0. The van der Waals surface area contributed by atoms with Gasteiger partial charge in [-0.3, -0.25) is 14.4 Å². The lowest BCUT2D eigenvalue weighted by atomic mass is 9.71. The fourth-order valence-electron chi connectivity index (χ4n) is 4.83. The van der Waals surface area contributed by atoms with Crippen LogP contribution in [0.25, 0.3) is 0 Å². The average Bonchev–Trinajstić information content (AvgIpc) is 2.89. The van der Waals surface area contributed by atoms with Gasteiger partial charge in [0.2, 0.25) is 11.8 Å². The third kappa shape index (κ3) is 4.19. The highest BCUT2D eigenvalue weighted by molar-refractivity contribution is 5.98. The molecule has 29 heavy (non-hydrogen) atoms. The van der Waals surface area contributed by atoms with Gasteiger partial charge in [-0.1, -0.05) is 12.5 Å². The number of nitrogens with zero attached hydrogens (tertiary/aromatic N) is 2. The predicted octanol–water partition coefficient (Wildman–Crippen LogP) is 1.35. The van der Waals surface area contributed by atoms with E-state index in [0.717, 1.165) is 25.0 Å². The van der Waals surface area contributed by atoms with Gasteiger partial charge >= 0.3 is 5.97 Å². The minimum Gasteiger partial charge on any atom is -0.468 e. The van der Waals surface area contributed by atoms with Crippen molar-refractivity contribution < 1.29 is 28.6 Å². The zero-order chi connectivity index (χ0) is 20.9. The van der Waals surface area contributed by atoms with Crippen molar-refractivity contribution in [2.75, 3.05) is 53.7 Å². The van der Waals surface area contributed by atoms with E-state index < -0.39 is 17.3 Å². The van der Waals surface area contributed by atoms with Crippen LogP contribution in [-0.4, -0.2) is 81.3 Å². The second-order valence-electron chi connectivity index (χ2n) is 7.88. The number of ether oxygens (including phenoxy) is 3. The van der Waals surface area contributed by atoms with Crippen molar-refractivity contribution in [3.8, 4) is 0 Å². The molecule has 1 aliphatic carbocycles. The van der Waals surface area contributed by atoms with Gasteiger partial charge in [-0.15, -0.1) is 0 Å². The number of methoxy groups -OCH3 is 2. The predicted molar refractivity (Wildman–Crippen MR) is 105 cm³/mol. The van der Waals surface area contributed by atoms with Gasteiger partial charge in [-0.05, 0) is 25.7 Å². The van der Waals surface area contributed by atoms with Crippen molar-refractivity contribution in [1.29, 1.82) is 0 Å². The molecule has 3 aliphatic rings. The Hall–Kier alpha value is -1.93. The number of esters is 1. The molecule has 0 bridgehead atoms. The molecule has 3 rings (SSSR count). The summed E-state index contributed by atoms with van der Waals surface area (Å²) in [6.07, 6.45) is 5.80. The molecule has 2 atom stereocenters. The standard InChI is InChI=1S/C21H32N2O6/c1-27-12-6-9-23-17-7-4-3-5-8-21(17,20(26)28-2)16(19(23)25)15-18(24)22-10-13-29-14-11-22/h7,16H,3-6,8-15H2,1-2H3/t16-,21+/m0/s1. The monoisotopic (exact) mass is 408 g/mol. The van der Waals surface area contributed by atoms with Gasteiger partial charge in [0.1, 0.15) is 5.41 Å². The molecule has 2 aliphatic heterocycles. The molecule has 0 aromatic carbocycles. The Labute approximate surface area is 172 Å². The SMILES string of the molecule is COCCCN1C(=O)[C@H](CC(=O)N2CCOCC2)[C@]2(C(=O)OC)CCCCC=C12. The first-order valence-corrected chi connectivity index (χ1v) is 10.5. The van der Waals surface area contributed by atoms with Crippen LogP contribution in [0.3, 0.4) is 0 Å². The Kier molecular flexibility index (Phi) is 7.29. The molecule has 8 nitrogen and oxygen atoms in total. The van der Waals surface area contributed by atoms with Crippen LogP contribution in [0.5, 0.6) is 0 Å². The van der Waals surface area contributed by atoms with E-state index >= 15 is 0 Å². The summed E-state index contributed by atoms with van der Waals surface area (Å²) in [5.41, 5.74) is -0.347. The number of amides is 2. The normalized spacial score (nSPS) is 27.3. The molecule has 0 aromatic heterocycles. The van der Waals surface area contributed by atoms with Crippen LogP contribution in [0, 0.1) is 11.3 Å². The number of carbonyl (C=O) groups is 3. The Morgan fingerprint density at radius 3 is 2.69 bits per heavy atom. The molecular weight excluding hydrogens is 376 g/mol. The van der Waals surface area contributed by atoms with Crippen molar-refractivity contribution in [2.24, 2.45) is 11.3 Å². The minimum absolute atomic E-state index is 0.0199. The molecule has 0 saturated carbocycles. The third-order valence-electron chi connectivity index (χ3n) is 6.29. The van der Waals surface area contributed by atoms with Crippen LogP contribution < -0.4 is 0 Å². The summed E-state index contributed by atoms with van der Waals surface area (Å²) in [5.74, 6) is -1.39. The van der Waals surface area contributed by atoms with Gasteiger partial charge in [0.25, 0.3) is 0 Å². The average molecular weight is 408 g/mol. The topological polar surface area (TPSA) is 85.4 Å². The van der Waals surface area contributed by atoms with Gasteiger partial charge < -0.3 is 24.0 Å². The van der Waals surface area contributed by atoms with Crippen molar-refractivity contribution in [2.45, 2.75) is 38.5 Å².